The molecule has 0 aromatic heterocycles. The van der Waals surface area contributed by atoms with Crippen LogP contribution in [0.5, 0.6) is 0 Å². The summed E-state index contributed by atoms with van der Waals surface area (Å²) in [6, 6.07) is -0.521. The Kier molecular flexibility index (Phi) is 6.61. The molecule has 2 atom stereocenters. The molecule has 0 aliphatic carbocycles. The van der Waals surface area contributed by atoms with E-state index in [1.54, 1.807) is 25.9 Å². The fourth-order valence-electron chi connectivity index (χ4n) is 2.75. The molecular formula is C15H28N2O4. The van der Waals surface area contributed by atoms with E-state index in [-0.39, 0.29) is 11.8 Å². The number of methoxy groups -OCH3 is 1. The van der Waals surface area contributed by atoms with Crippen molar-refractivity contribution in [3.05, 3.63) is 0 Å². The van der Waals surface area contributed by atoms with E-state index in [1.165, 1.54) is 0 Å². The van der Waals surface area contributed by atoms with Crippen molar-refractivity contribution >= 4 is 11.9 Å². The first-order chi connectivity index (χ1) is 9.80. The quantitative estimate of drug-likeness (QED) is 0.687. The molecule has 0 radical (unpaired) electrons. The number of carboxylic acids is 1. The number of carbonyl (C=O) groups is 2. The third-order valence-corrected chi connectivity index (χ3v) is 4.49. The Morgan fingerprint density at radius 2 is 2.14 bits per heavy atom. The summed E-state index contributed by atoms with van der Waals surface area (Å²) in [6.45, 7) is 5.20. The number of hydrogen-bond acceptors (Lipinski definition) is 4. The van der Waals surface area contributed by atoms with E-state index in [4.69, 9.17) is 10.5 Å². The van der Waals surface area contributed by atoms with Crippen molar-refractivity contribution in [1.82, 2.24) is 4.90 Å². The van der Waals surface area contributed by atoms with Crippen LogP contribution in [0.3, 0.4) is 0 Å². The summed E-state index contributed by atoms with van der Waals surface area (Å²) in [5.41, 5.74) is 5.12. The summed E-state index contributed by atoms with van der Waals surface area (Å²) in [6.07, 6.45) is 3.01. The number of amides is 1. The molecule has 6 heteroatoms. The molecule has 1 heterocycles. The van der Waals surface area contributed by atoms with Gasteiger partial charge in [-0.15, -0.1) is 0 Å². The summed E-state index contributed by atoms with van der Waals surface area (Å²) in [5, 5.41) is 9.33. The Hall–Kier alpha value is -1.14. The van der Waals surface area contributed by atoms with Crippen molar-refractivity contribution in [2.45, 2.75) is 45.6 Å². The number of piperidine rings is 1. The van der Waals surface area contributed by atoms with Gasteiger partial charge in [-0.2, -0.15) is 0 Å². The maximum absolute atomic E-state index is 12.3. The van der Waals surface area contributed by atoms with Gasteiger partial charge in [-0.3, -0.25) is 9.59 Å². The summed E-state index contributed by atoms with van der Waals surface area (Å²) in [5.74, 6) is -0.915. The molecule has 3 N–H and O–H groups in total. The molecule has 0 spiro atoms. The Morgan fingerprint density at radius 3 is 2.71 bits per heavy atom. The van der Waals surface area contributed by atoms with Crippen molar-refractivity contribution in [2.24, 2.45) is 17.1 Å². The van der Waals surface area contributed by atoms with Crippen LogP contribution in [0.2, 0.25) is 0 Å². The van der Waals surface area contributed by atoms with Crippen LogP contribution in [0.15, 0.2) is 0 Å². The molecule has 2 unspecified atom stereocenters. The second-order valence-corrected chi connectivity index (χ2v) is 6.39. The van der Waals surface area contributed by atoms with E-state index in [0.29, 0.717) is 26.1 Å². The number of hydrogen-bond donors (Lipinski definition) is 2. The predicted octanol–water partition coefficient (Wildman–Crippen LogP) is 1.09. The van der Waals surface area contributed by atoms with Gasteiger partial charge in [0.15, 0.2) is 0 Å². The smallest absolute Gasteiger partial charge is 0.309 e. The third kappa shape index (κ3) is 4.68. The monoisotopic (exact) mass is 300 g/mol. The van der Waals surface area contributed by atoms with Gasteiger partial charge in [-0.25, -0.2) is 0 Å². The Bertz CT molecular complexity index is 371. The largest absolute Gasteiger partial charge is 0.481 e. The minimum atomic E-state index is -0.820. The van der Waals surface area contributed by atoms with Crippen LogP contribution in [0.25, 0.3) is 0 Å². The van der Waals surface area contributed by atoms with Crippen LogP contribution >= 0.6 is 0 Å². The van der Waals surface area contributed by atoms with Gasteiger partial charge in [0.1, 0.15) is 0 Å². The van der Waals surface area contributed by atoms with Crippen molar-refractivity contribution < 1.29 is 19.4 Å². The van der Waals surface area contributed by atoms with Crippen molar-refractivity contribution in [3.8, 4) is 0 Å². The summed E-state index contributed by atoms with van der Waals surface area (Å²) in [7, 11) is 1.62. The lowest BCUT2D eigenvalue weighted by atomic mass is 9.74. The van der Waals surface area contributed by atoms with E-state index in [2.05, 4.69) is 0 Å². The van der Waals surface area contributed by atoms with E-state index in [1.807, 2.05) is 0 Å². The van der Waals surface area contributed by atoms with Gasteiger partial charge in [0.2, 0.25) is 5.91 Å². The van der Waals surface area contributed by atoms with Gasteiger partial charge < -0.3 is 20.5 Å². The van der Waals surface area contributed by atoms with Gasteiger partial charge in [-0.1, -0.05) is 0 Å². The number of aliphatic carboxylic acids is 1. The molecule has 0 aromatic carbocycles. The molecule has 1 aliphatic heterocycles. The van der Waals surface area contributed by atoms with Crippen LogP contribution < -0.4 is 5.73 Å². The number of likely N-dealkylation sites (tertiary alicyclic amines) is 1. The Balaban J connectivity index is 2.59. The van der Waals surface area contributed by atoms with Gasteiger partial charge in [-0.05, 0) is 45.4 Å². The SMILES string of the molecule is COCCCC(N)C(=O)N1CCCC(C(C)(C)C(=O)O)C1. The van der Waals surface area contributed by atoms with Crippen molar-refractivity contribution in [3.63, 3.8) is 0 Å². The highest BCUT2D eigenvalue weighted by Crippen LogP contribution is 2.34. The number of carboxylic acid groups (broad SMARTS) is 1. The molecule has 1 amide bonds. The highest BCUT2D eigenvalue weighted by Gasteiger charge is 2.40. The molecule has 1 fully saturated rings. The first kappa shape index (κ1) is 17.9. The average molecular weight is 300 g/mol. The zero-order chi connectivity index (χ0) is 16.0. The zero-order valence-corrected chi connectivity index (χ0v) is 13.3. The molecular weight excluding hydrogens is 272 g/mol. The number of carbonyl (C=O) groups excluding carboxylic acids is 1. The minimum Gasteiger partial charge on any atom is -0.481 e. The zero-order valence-electron chi connectivity index (χ0n) is 13.3. The topological polar surface area (TPSA) is 92.9 Å². The van der Waals surface area contributed by atoms with Gasteiger partial charge >= 0.3 is 5.97 Å². The normalized spacial score (nSPS) is 21.1. The number of rotatable bonds is 7. The second kappa shape index (κ2) is 7.75. The maximum Gasteiger partial charge on any atom is 0.309 e. The second-order valence-electron chi connectivity index (χ2n) is 6.39. The van der Waals surface area contributed by atoms with Crippen molar-refractivity contribution in [1.29, 1.82) is 0 Å². The average Bonchev–Trinajstić information content (AvgIpc) is 2.46. The fourth-order valence-corrected chi connectivity index (χ4v) is 2.75. The molecule has 0 aromatic rings. The third-order valence-electron chi connectivity index (χ3n) is 4.49. The van der Waals surface area contributed by atoms with E-state index in [0.717, 1.165) is 19.3 Å². The van der Waals surface area contributed by atoms with Crippen molar-refractivity contribution in [2.75, 3.05) is 26.8 Å². The fraction of sp³-hybridized carbons (Fsp3) is 0.867. The molecule has 6 nitrogen and oxygen atoms in total. The van der Waals surface area contributed by atoms with Crippen LogP contribution in [0.4, 0.5) is 0 Å². The molecule has 1 rings (SSSR count). The molecule has 0 bridgehead atoms. The number of nitrogens with two attached hydrogens (primary N) is 1. The lowest BCUT2D eigenvalue weighted by molar-refractivity contribution is -0.153. The summed E-state index contributed by atoms with van der Waals surface area (Å²) in [4.78, 5) is 25.4. The molecule has 0 saturated carbocycles. The van der Waals surface area contributed by atoms with Gasteiger partial charge in [0, 0.05) is 26.8 Å². The van der Waals surface area contributed by atoms with E-state index >= 15 is 0 Å². The van der Waals surface area contributed by atoms with Crippen LogP contribution in [0.1, 0.15) is 39.5 Å². The lowest BCUT2D eigenvalue weighted by Crippen LogP contribution is -2.51. The Labute approximate surface area is 126 Å². The van der Waals surface area contributed by atoms with Gasteiger partial charge in [0.25, 0.3) is 0 Å². The summed E-state index contributed by atoms with van der Waals surface area (Å²) < 4.78 is 4.96. The maximum atomic E-state index is 12.3. The lowest BCUT2D eigenvalue weighted by Gasteiger charge is -2.40. The highest BCUT2D eigenvalue weighted by atomic mass is 16.5. The first-order valence-electron chi connectivity index (χ1n) is 7.57. The van der Waals surface area contributed by atoms with Crippen LogP contribution in [0, 0.1) is 11.3 Å². The molecule has 1 aliphatic rings. The van der Waals surface area contributed by atoms with Gasteiger partial charge in [0.05, 0.1) is 11.5 Å². The number of ether oxygens (including phenoxy) is 1. The van der Waals surface area contributed by atoms with E-state index in [9.17, 15) is 14.7 Å². The molecule has 1 saturated heterocycles. The molecule has 21 heavy (non-hydrogen) atoms. The van der Waals surface area contributed by atoms with Crippen LogP contribution in [-0.2, 0) is 14.3 Å². The standard InChI is InChI=1S/C15H28N2O4/c1-15(2,14(19)20)11-6-4-8-17(10-11)13(18)12(16)7-5-9-21-3/h11-12H,4-10,16H2,1-3H3,(H,19,20). The Morgan fingerprint density at radius 1 is 1.48 bits per heavy atom. The minimum absolute atomic E-state index is 0.0288. The number of nitrogens with zero attached hydrogens (tertiary/aromatic N) is 1. The van der Waals surface area contributed by atoms with E-state index < -0.39 is 17.4 Å². The van der Waals surface area contributed by atoms with Crippen LogP contribution in [-0.4, -0.2) is 54.7 Å². The highest BCUT2D eigenvalue weighted by molar-refractivity contribution is 5.82. The summed E-state index contributed by atoms with van der Waals surface area (Å²) >= 11 is 0. The first-order valence-corrected chi connectivity index (χ1v) is 7.57. The molecule has 122 valence electrons. The predicted molar refractivity (Wildman–Crippen MR) is 79.8 cm³/mol.